The van der Waals surface area contributed by atoms with Crippen molar-refractivity contribution in [2.45, 2.75) is 57.8 Å². The Morgan fingerprint density at radius 1 is 1.08 bits per heavy atom. The fourth-order valence-corrected chi connectivity index (χ4v) is 5.28. The van der Waals surface area contributed by atoms with Crippen LogP contribution in [-0.2, 0) is 36.9 Å². The van der Waals surface area contributed by atoms with Crippen molar-refractivity contribution in [3.8, 4) is 6.07 Å². The Labute approximate surface area is 152 Å². The summed E-state index contributed by atoms with van der Waals surface area (Å²) in [5.74, 6) is -0.0224. The number of amides is 1. The van der Waals surface area contributed by atoms with Crippen molar-refractivity contribution in [3.05, 3.63) is 50.9 Å². The van der Waals surface area contributed by atoms with Gasteiger partial charge in [-0.1, -0.05) is 18.2 Å². The molecule has 1 amide bonds. The zero-order valence-corrected chi connectivity index (χ0v) is 15.2. The minimum Gasteiger partial charge on any atom is -0.316 e. The molecule has 2 aromatic rings. The molecule has 1 aromatic carbocycles. The first-order valence-electron chi connectivity index (χ1n) is 9.20. The summed E-state index contributed by atoms with van der Waals surface area (Å²) in [6, 6.07) is 8.76. The van der Waals surface area contributed by atoms with Gasteiger partial charge in [-0.15, -0.1) is 11.3 Å². The second kappa shape index (κ2) is 7.01. The van der Waals surface area contributed by atoms with Gasteiger partial charge < -0.3 is 5.32 Å². The van der Waals surface area contributed by atoms with Crippen LogP contribution in [-0.4, -0.2) is 5.91 Å². The van der Waals surface area contributed by atoms with Crippen LogP contribution in [0.4, 0.5) is 5.00 Å². The van der Waals surface area contributed by atoms with Gasteiger partial charge in [-0.05, 0) is 73.6 Å². The number of rotatable bonds is 3. The van der Waals surface area contributed by atoms with Gasteiger partial charge >= 0.3 is 0 Å². The lowest BCUT2D eigenvalue weighted by molar-refractivity contribution is -0.115. The molecular formula is C21H22N2OS. The number of aryl methyl sites for hydroxylation is 3. The quantitative estimate of drug-likeness (QED) is 0.882. The zero-order valence-electron chi connectivity index (χ0n) is 14.4. The number of nitrogens with zero attached hydrogens (tertiary/aromatic N) is 1. The first-order chi connectivity index (χ1) is 12.2. The number of carbonyl (C=O) groups is 1. The minimum atomic E-state index is -0.0224. The Bertz CT molecular complexity index is 860. The lowest BCUT2D eigenvalue weighted by Gasteiger charge is -2.16. The van der Waals surface area contributed by atoms with Crippen LogP contribution >= 0.6 is 11.3 Å². The minimum absolute atomic E-state index is 0.0224. The number of fused-ring (bicyclic) bond motifs is 2. The summed E-state index contributed by atoms with van der Waals surface area (Å²) in [6.07, 6.45) is 9.50. The fourth-order valence-electron chi connectivity index (χ4n) is 4.03. The van der Waals surface area contributed by atoms with Crippen LogP contribution in [0.25, 0.3) is 0 Å². The lowest BCUT2D eigenvalue weighted by atomic mass is 9.90. The Kier molecular flexibility index (Phi) is 4.59. The maximum atomic E-state index is 12.5. The van der Waals surface area contributed by atoms with Gasteiger partial charge in [0.25, 0.3) is 0 Å². The first-order valence-corrected chi connectivity index (χ1v) is 10.0. The highest BCUT2D eigenvalue weighted by Crippen LogP contribution is 2.37. The van der Waals surface area contributed by atoms with E-state index >= 15 is 0 Å². The molecule has 25 heavy (non-hydrogen) atoms. The Morgan fingerprint density at radius 3 is 2.68 bits per heavy atom. The van der Waals surface area contributed by atoms with E-state index in [9.17, 15) is 10.1 Å². The molecule has 0 spiro atoms. The maximum absolute atomic E-state index is 12.5. The summed E-state index contributed by atoms with van der Waals surface area (Å²) < 4.78 is 0. The summed E-state index contributed by atoms with van der Waals surface area (Å²) in [7, 11) is 0. The predicted molar refractivity (Wildman–Crippen MR) is 101 cm³/mol. The van der Waals surface area contributed by atoms with Crippen molar-refractivity contribution in [1.82, 2.24) is 0 Å². The summed E-state index contributed by atoms with van der Waals surface area (Å²) in [6.45, 7) is 0. The van der Waals surface area contributed by atoms with Crippen molar-refractivity contribution >= 4 is 22.2 Å². The van der Waals surface area contributed by atoms with Crippen LogP contribution in [0.2, 0.25) is 0 Å². The average Bonchev–Trinajstić information content (AvgIpc) is 2.98. The summed E-state index contributed by atoms with van der Waals surface area (Å²) in [5, 5.41) is 13.3. The maximum Gasteiger partial charge on any atom is 0.229 e. The van der Waals surface area contributed by atoms with Gasteiger partial charge in [0.05, 0.1) is 12.0 Å². The standard InChI is InChI=1S/C21H22N2OS/c22-13-18-17-7-3-4-8-19(17)25-21(18)23-20(24)12-14-9-10-15-5-1-2-6-16(15)11-14/h9-11H,1-8,12H2,(H,23,24). The molecule has 0 atom stereocenters. The smallest absolute Gasteiger partial charge is 0.229 e. The Morgan fingerprint density at radius 2 is 1.84 bits per heavy atom. The van der Waals surface area contributed by atoms with E-state index in [-0.39, 0.29) is 5.91 Å². The van der Waals surface area contributed by atoms with Crippen molar-refractivity contribution in [2.24, 2.45) is 0 Å². The lowest BCUT2D eigenvalue weighted by Crippen LogP contribution is -2.15. The van der Waals surface area contributed by atoms with Crippen LogP contribution in [0.3, 0.4) is 0 Å². The molecule has 4 heteroatoms. The molecule has 1 N–H and O–H groups in total. The first kappa shape index (κ1) is 16.4. The van der Waals surface area contributed by atoms with Crippen LogP contribution < -0.4 is 5.32 Å². The van der Waals surface area contributed by atoms with Crippen LogP contribution in [0.1, 0.15) is 58.4 Å². The number of nitrogens with one attached hydrogen (secondary N) is 1. The molecule has 3 nitrogen and oxygen atoms in total. The molecule has 0 saturated heterocycles. The van der Waals surface area contributed by atoms with Crippen molar-refractivity contribution in [1.29, 1.82) is 5.26 Å². The van der Waals surface area contributed by atoms with E-state index in [0.29, 0.717) is 12.0 Å². The molecule has 0 bridgehead atoms. The molecule has 128 valence electrons. The van der Waals surface area contributed by atoms with Gasteiger partial charge in [-0.3, -0.25) is 4.79 Å². The average molecular weight is 350 g/mol. The van der Waals surface area contributed by atoms with E-state index in [1.807, 2.05) is 0 Å². The van der Waals surface area contributed by atoms with Crippen molar-refractivity contribution in [2.75, 3.05) is 5.32 Å². The molecule has 0 unspecified atom stereocenters. The molecular weight excluding hydrogens is 328 g/mol. The second-order valence-corrected chi connectivity index (χ2v) is 8.17. The molecule has 1 aromatic heterocycles. The van der Waals surface area contributed by atoms with Crippen molar-refractivity contribution in [3.63, 3.8) is 0 Å². The van der Waals surface area contributed by atoms with Gasteiger partial charge in [0.15, 0.2) is 0 Å². The van der Waals surface area contributed by atoms with Crippen molar-refractivity contribution < 1.29 is 4.79 Å². The van der Waals surface area contributed by atoms with E-state index in [0.717, 1.165) is 42.7 Å². The highest BCUT2D eigenvalue weighted by Gasteiger charge is 2.22. The van der Waals surface area contributed by atoms with E-state index < -0.39 is 0 Å². The third kappa shape index (κ3) is 3.34. The van der Waals surface area contributed by atoms with E-state index in [4.69, 9.17) is 0 Å². The summed E-state index contributed by atoms with van der Waals surface area (Å²) in [4.78, 5) is 13.8. The molecule has 4 rings (SSSR count). The van der Waals surface area contributed by atoms with Crippen LogP contribution in [0.5, 0.6) is 0 Å². The van der Waals surface area contributed by atoms with Gasteiger partial charge in [0, 0.05) is 4.88 Å². The molecule has 0 saturated carbocycles. The Hall–Kier alpha value is -2.12. The molecule has 0 fully saturated rings. The predicted octanol–water partition coefficient (Wildman–Crippen LogP) is 4.56. The number of hydrogen-bond acceptors (Lipinski definition) is 3. The topological polar surface area (TPSA) is 52.9 Å². The van der Waals surface area contributed by atoms with Crippen LogP contribution in [0.15, 0.2) is 18.2 Å². The molecule has 0 aliphatic heterocycles. The van der Waals surface area contributed by atoms with Gasteiger partial charge in [0.2, 0.25) is 5.91 Å². The number of carbonyl (C=O) groups excluding carboxylic acids is 1. The molecule has 2 aliphatic carbocycles. The van der Waals surface area contributed by atoms with E-state index in [1.54, 1.807) is 11.3 Å². The number of thiophene rings is 1. The zero-order chi connectivity index (χ0) is 17.2. The largest absolute Gasteiger partial charge is 0.316 e. The number of hydrogen-bond donors (Lipinski definition) is 1. The monoisotopic (exact) mass is 350 g/mol. The SMILES string of the molecule is N#Cc1c(NC(=O)Cc2ccc3c(c2)CCCC3)sc2c1CCCC2. The van der Waals surface area contributed by atoms with Crippen LogP contribution in [0, 0.1) is 11.3 Å². The van der Waals surface area contributed by atoms with Gasteiger partial charge in [-0.2, -0.15) is 5.26 Å². The number of benzene rings is 1. The molecule has 0 radical (unpaired) electrons. The van der Waals surface area contributed by atoms with E-state index in [2.05, 4.69) is 29.6 Å². The highest BCUT2D eigenvalue weighted by molar-refractivity contribution is 7.16. The summed E-state index contributed by atoms with van der Waals surface area (Å²) in [5.41, 5.74) is 5.77. The van der Waals surface area contributed by atoms with Gasteiger partial charge in [-0.25, -0.2) is 0 Å². The molecule has 1 heterocycles. The van der Waals surface area contributed by atoms with E-state index in [1.165, 1.54) is 40.8 Å². The molecule has 2 aliphatic rings. The summed E-state index contributed by atoms with van der Waals surface area (Å²) >= 11 is 1.59. The third-order valence-corrected chi connectivity index (χ3v) is 6.52. The number of anilines is 1. The normalized spacial score (nSPS) is 15.8. The van der Waals surface area contributed by atoms with Gasteiger partial charge in [0.1, 0.15) is 11.1 Å². The number of nitriles is 1. The highest BCUT2D eigenvalue weighted by atomic mass is 32.1. The fraction of sp³-hybridized carbons (Fsp3) is 0.429. The second-order valence-electron chi connectivity index (χ2n) is 7.06. The Balaban J connectivity index is 1.49. The third-order valence-electron chi connectivity index (χ3n) is 5.31.